The summed E-state index contributed by atoms with van der Waals surface area (Å²) in [6, 6.07) is 13.4. The number of hydrogen-bond donors (Lipinski definition) is 1. The normalized spacial score (nSPS) is 13.2. The summed E-state index contributed by atoms with van der Waals surface area (Å²) in [7, 11) is -3.51. The Kier molecular flexibility index (Phi) is 4.48. The molecule has 0 bridgehead atoms. The molecule has 0 aliphatic carbocycles. The molecule has 2 N–H and O–H groups in total. The highest BCUT2D eigenvalue weighted by atomic mass is 35.5. The topological polar surface area (TPSA) is 60.2 Å². The number of sulfone groups is 1. The molecule has 0 radical (unpaired) electrons. The van der Waals surface area contributed by atoms with Crippen molar-refractivity contribution in [2.24, 2.45) is 5.73 Å². The molecule has 1 atom stereocenters. The van der Waals surface area contributed by atoms with Crippen molar-refractivity contribution in [2.45, 2.75) is 17.9 Å². The molecule has 20 heavy (non-hydrogen) atoms. The maximum absolute atomic E-state index is 12.3. The highest BCUT2D eigenvalue weighted by Gasteiger charge is 2.22. The third-order valence-electron chi connectivity index (χ3n) is 3.08. The average Bonchev–Trinajstić information content (AvgIpc) is 2.39. The summed E-state index contributed by atoms with van der Waals surface area (Å²) in [5.74, 6) is -0.167. The zero-order valence-electron chi connectivity index (χ0n) is 11.1. The number of halogens is 1. The maximum Gasteiger partial charge on any atom is 0.181 e. The van der Waals surface area contributed by atoms with Gasteiger partial charge in [-0.2, -0.15) is 0 Å². The van der Waals surface area contributed by atoms with E-state index in [2.05, 4.69) is 0 Å². The molecule has 106 valence electrons. The van der Waals surface area contributed by atoms with Gasteiger partial charge in [-0.1, -0.05) is 53.6 Å². The van der Waals surface area contributed by atoms with Crippen molar-refractivity contribution < 1.29 is 8.42 Å². The van der Waals surface area contributed by atoms with Crippen molar-refractivity contribution in [1.82, 2.24) is 0 Å². The number of nitrogens with two attached hydrogens (primary N) is 1. The van der Waals surface area contributed by atoms with Crippen molar-refractivity contribution >= 4 is 21.4 Å². The second-order valence-electron chi connectivity index (χ2n) is 4.73. The predicted molar refractivity (Wildman–Crippen MR) is 81.6 cm³/mol. The largest absolute Gasteiger partial charge is 0.323 e. The standard InChI is InChI=1S/C15H16ClNO2S/c1-11-6-8-12(9-7-11)14(17)10-20(18,19)15-5-3-2-4-13(15)16/h2-9,14H,10,17H2,1H3. The quantitative estimate of drug-likeness (QED) is 0.944. The summed E-state index contributed by atoms with van der Waals surface area (Å²) in [6.45, 7) is 1.97. The summed E-state index contributed by atoms with van der Waals surface area (Å²) in [5, 5.41) is 0.226. The predicted octanol–water partition coefficient (Wildman–Crippen LogP) is 3.12. The lowest BCUT2D eigenvalue weighted by Crippen LogP contribution is -2.22. The summed E-state index contributed by atoms with van der Waals surface area (Å²) < 4.78 is 24.7. The summed E-state index contributed by atoms with van der Waals surface area (Å²) in [6.07, 6.45) is 0. The third-order valence-corrected chi connectivity index (χ3v) is 5.34. The minimum atomic E-state index is -3.51. The van der Waals surface area contributed by atoms with Gasteiger partial charge in [-0.3, -0.25) is 0 Å². The minimum absolute atomic E-state index is 0.129. The van der Waals surface area contributed by atoms with Crippen LogP contribution in [0.3, 0.4) is 0 Å². The van der Waals surface area contributed by atoms with Crippen molar-refractivity contribution in [1.29, 1.82) is 0 Å². The molecule has 0 aliphatic rings. The molecule has 5 heteroatoms. The lowest BCUT2D eigenvalue weighted by Gasteiger charge is -2.13. The Morgan fingerprint density at radius 3 is 2.30 bits per heavy atom. The van der Waals surface area contributed by atoms with E-state index in [0.29, 0.717) is 0 Å². The third kappa shape index (κ3) is 3.39. The fourth-order valence-corrected chi connectivity index (χ4v) is 3.92. The van der Waals surface area contributed by atoms with E-state index in [0.717, 1.165) is 11.1 Å². The Morgan fingerprint density at radius 2 is 1.70 bits per heavy atom. The Hall–Kier alpha value is -1.36. The molecule has 0 saturated heterocycles. The zero-order chi connectivity index (χ0) is 14.8. The van der Waals surface area contributed by atoms with Gasteiger partial charge >= 0.3 is 0 Å². The summed E-state index contributed by atoms with van der Waals surface area (Å²) in [5.41, 5.74) is 7.90. The molecule has 0 heterocycles. The Morgan fingerprint density at radius 1 is 1.10 bits per heavy atom. The first-order valence-corrected chi connectivity index (χ1v) is 8.22. The van der Waals surface area contributed by atoms with E-state index in [1.54, 1.807) is 18.2 Å². The van der Waals surface area contributed by atoms with E-state index in [4.69, 9.17) is 17.3 Å². The highest BCUT2D eigenvalue weighted by Crippen LogP contribution is 2.24. The Labute approximate surface area is 124 Å². The van der Waals surface area contributed by atoms with Crippen molar-refractivity contribution in [3.63, 3.8) is 0 Å². The first kappa shape index (κ1) is 15.0. The second-order valence-corrected chi connectivity index (χ2v) is 7.14. The van der Waals surface area contributed by atoms with Crippen LogP contribution in [-0.4, -0.2) is 14.2 Å². The van der Waals surface area contributed by atoms with Crippen LogP contribution in [0.1, 0.15) is 17.2 Å². The Balaban J connectivity index is 2.24. The van der Waals surface area contributed by atoms with E-state index in [9.17, 15) is 8.42 Å². The maximum atomic E-state index is 12.3. The number of aryl methyl sites for hydroxylation is 1. The molecule has 2 rings (SSSR count). The molecule has 0 spiro atoms. The van der Waals surface area contributed by atoms with Crippen LogP contribution < -0.4 is 5.73 Å². The zero-order valence-corrected chi connectivity index (χ0v) is 12.7. The molecular weight excluding hydrogens is 294 g/mol. The van der Waals surface area contributed by atoms with Gasteiger partial charge in [-0.05, 0) is 24.6 Å². The fraction of sp³-hybridized carbons (Fsp3) is 0.200. The molecule has 1 unspecified atom stereocenters. The monoisotopic (exact) mass is 309 g/mol. The van der Waals surface area contributed by atoms with Gasteiger partial charge in [-0.25, -0.2) is 8.42 Å². The van der Waals surface area contributed by atoms with Crippen molar-refractivity contribution in [3.8, 4) is 0 Å². The van der Waals surface area contributed by atoms with Gasteiger partial charge in [0.05, 0.1) is 15.7 Å². The molecule has 0 aromatic heterocycles. The van der Waals surface area contributed by atoms with Crippen molar-refractivity contribution in [3.05, 3.63) is 64.7 Å². The fourth-order valence-electron chi connectivity index (χ4n) is 1.93. The van der Waals surface area contributed by atoms with Crippen LogP contribution in [0.2, 0.25) is 5.02 Å². The SMILES string of the molecule is Cc1ccc(C(N)CS(=O)(=O)c2ccccc2Cl)cc1. The number of rotatable bonds is 4. The number of benzene rings is 2. The molecule has 2 aromatic carbocycles. The first-order chi connectivity index (χ1) is 9.40. The van der Waals surface area contributed by atoms with Gasteiger partial charge in [0.2, 0.25) is 0 Å². The van der Waals surface area contributed by atoms with Gasteiger partial charge in [0.15, 0.2) is 9.84 Å². The van der Waals surface area contributed by atoms with Gasteiger partial charge in [0.1, 0.15) is 0 Å². The first-order valence-electron chi connectivity index (χ1n) is 6.19. The molecule has 3 nitrogen and oxygen atoms in total. The van der Waals surface area contributed by atoms with Crippen LogP contribution in [0.15, 0.2) is 53.4 Å². The van der Waals surface area contributed by atoms with E-state index < -0.39 is 15.9 Å². The van der Waals surface area contributed by atoms with Crippen molar-refractivity contribution in [2.75, 3.05) is 5.75 Å². The lowest BCUT2D eigenvalue weighted by atomic mass is 10.1. The highest BCUT2D eigenvalue weighted by molar-refractivity contribution is 7.91. The molecular formula is C15H16ClNO2S. The lowest BCUT2D eigenvalue weighted by molar-refractivity contribution is 0.589. The van der Waals surface area contributed by atoms with Gasteiger partial charge in [0, 0.05) is 6.04 Å². The van der Waals surface area contributed by atoms with Crippen LogP contribution in [0.25, 0.3) is 0 Å². The van der Waals surface area contributed by atoms with E-state index in [-0.39, 0.29) is 15.7 Å². The molecule has 0 saturated carbocycles. The van der Waals surface area contributed by atoms with Crippen LogP contribution >= 0.6 is 11.6 Å². The Bertz CT molecular complexity index is 696. The molecule has 2 aromatic rings. The van der Waals surface area contributed by atoms with Crippen LogP contribution in [0, 0.1) is 6.92 Å². The average molecular weight is 310 g/mol. The summed E-state index contributed by atoms with van der Waals surface area (Å²) in [4.78, 5) is 0.129. The van der Waals surface area contributed by atoms with Gasteiger partial charge in [-0.15, -0.1) is 0 Å². The molecule has 0 fully saturated rings. The van der Waals surface area contributed by atoms with Crippen LogP contribution in [0.5, 0.6) is 0 Å². The second kappa shape index (κ2) is 5.95. The molecule has 0 aliphatic heterocycles. The van der Waals surface area contributed by atoms with Gasteiger partial charge in [0.25, 0.3) is 0 Å². The summed E-state index contributed by atoms with van der Waals surface area (Å²) >= 11 is 5.94. The smallest absolute Gasteiger partial charge is 0.181 e. The van der Waals surface area contributed by atoms with Crippen LogP contribution in [-0.2, 0) is 9.84 Å². The van der Waals surface area contributed by atoms with E-state index in [1.165, 1.54) is 6.07 Å². The van der Waals surface area contributed by atoms with E-state index >= 15 is 0 Å². The van der Waals surface area contributed by atoms with E-state index in [1.807, 2.05) is 31.2 Å². The molecule has 0 amide bonds. The minimum Gasteiger partial charge on any atom is -0.323 e. The van der Waals surface area contributed by atoms with Gasteiger partial charge < -0.3 is 5.73 Å². The van der Waals surface area contributed by atoms with Crippen LogP contribution in [0.4, 0.5) is 0 Å². The number of hydrogen-bond acceptors (Lipinski definition) is 3.